The molecule has 1 aliphatic rings. The number of nitrogens with one attached hydrogen (secondary N) is 1. The summed E-state index contributed by atoms with van der Waals surface area (Å²) >= 11 is 1.36. The third kappa shape index (κ3) is 5.64. The lowest BCUT2D eigenvalue weighted by Gasteiger charge is -2.33. The maximum absolute atomic E-state index is 13.6. The second kappa shape index (κ2) is 10.2. The number of benzene rings is 1. The van der Waals surface area contributed by atoms with Crippen LogP contribution in [-0.4, -0.2) is 55.7 Å². The fourth-order valence-electron chi connectivity index (χ4n) is 4.12. The van der Waals surface area contributed by atoms with Crippen molar-refractivity contribution in [1.29, 1.82) is 5.26 Å². The highest BCUT2D eigenvalue weighted by Crippen LogP contribution is 2.26. The van der Waals surface area contributed by atoms with Crippen LogP contribution >= 0.6 is 11.3 Å². The summed E-state index contributed by atoms with van der Waals surface area (Å²) in [6, 6.07) is 11.4. The van der Waals surface area contributed by atoms with Crippen molar-refractivity contribution in [2.45, 2.75) is 32.0 Å². The summed E-state index contributed by atoms with van der Waals surface area (Å²) in [7, 11) is -3.04. The fourth-order valence-corrected chi connectivity index (χ4v) is 5.65. The van der Waals surface area contributed by atoms with Gasteiger partial charge in [0.05, 0.1) is 29.4 Å². The Labute approximate surface area is 202 Å². The third-order valence-corrected chi connectivity index (χ3v) is 7.88. The van der Waals surface area contributed by atoms with Gasteiger partial charge in [0.1, 0.15) is 14.5 Å². The Hall–Kier alpha value is -2.78. The van der Waals surface area contributed by atoms with Gasteiger partial charge in [-0.2, -0.15) is 5.26 Å². The summed E-state index contributed by atoms with van der Waals surface area (Å²) in [6.07, 6.45) is 3.06. The molecule has 0 radical (unpaired) electrons. The van der Waals surface area contributed by atoms with Gasteiger partial charge < -0.3 is 16.0 Å². The van der Waals surface area contributed by atoms with Gasteiger partial charge in [0.25, 0.3) is 5.56 Å². The number of nitrogens with two attached hydrogens (primary N) is 1. The van der Waals surface area contributed by atoms with Gasteiger partial charge in [-0.25, -0.2) is 13.4 Å². The van der Waals surface area contributed by atoms with Crippen LogP contribution in [0.2, 0.25) is 0 Å². The molecule has 1 saturated heterocycles. The Bertz CT molecular complexity index is 1390. The SMILES string of the molecule is CS(=O)(=O)CCNCc1cc2nc(N3CCCC(N)C3)n(Cc3ccccc3C#N)c(=O)c2s1. The molecule has 3 aromatic rings. The molecule has 0 spiro atoms. The first-order valence-electron chi connectivity index (χ1n) is 11.2. The molecule has 2 aromatic heterocycles. The number of hydrogen-bond acceptors (Lipinski definition) is 9. The molecule has 34 heavy (non-hydrogen) atoms. The number of anilines is 1. The normalized spacial score (nSPS) is 16.6. The van der Waals surface area contributed by atoms with Crippen molar-refractivity contribution in [1.82, 2.24) is 14.9 Å². The van der Waals surface area contributed by atoms with E-state index < -0.39 is 9.84 Å². The molecule has 1 aliphatic heterocycles. The highest BCUT2D eigenvalue weighted by Gasteiger charge is 2.24. The number of hydrogen-bond donors (Lipinski definition) is 2. The van der Waals surface area contributed by atoms with E-state index in [1.165, 1.54) is 17.6 Å². The zero-order valence-corrected chi connectivity index (χ0v) is 20.7. The molecule has 1 atom stereocenters. The van der Waals surface area contributed by atoms with E-state index in [-0.39, 0.29) is 23.9 Å². The molecule has 0 aliphatic carbocycles. The second-order valence-electron chi connectivity index (χ2n) is 8.65. The summed E-state index contributed by atoms with van der Waals surface area (Å²) in [6.45, 7) is 2.41. The summed E-state index contributed by atoms with van der Waals surface area (Å²) < 4.78 is 24.9. The molecule has 180 valence electrons. The highest BCUT2D eigenvalue weighted by atomic mass is 32.2. The topological polar surface area (TPSA) is 134 Å². The van der Waals surface area contributed by atoms with Gasteiger partial charge in [-0.3, -0.25) is 9.36 Å². The number of nitriles is 1. The zero-order valence-electron chi connectivity index (χ0n) is 19.0. The second-order valence-corrected chi connectivity index (χ2v) is 12.1. The number of nitrogens with zero attached hydrogens (tertiary/aromatic N) is 4. The van der Waals surface area contributed by atoms with E-state index in [4.69, 9.17) is 10.7 Å². The molecule has 9 nitrogen and oxygen atoms in total. The van der Waals surface area contributed by atoms with Crippen LogP contribution in [0.15, 0.2) is 35.1 Å². The van der Waals surface area contributed by atoms with Crippen molar-refractivity contribution in [2.24, 2.45) is 5.73 Å². The molecular formula is C23H28N6O3S2. The first kappa shape index (κ1) is 24.3. The van der Waals surface area contributed by atoms with Crippen molar-refractivity contribution >= 4 is 37.3 Å². The summed E-state index contributed by atoms with van der Waals surface area (Å²) in [5.74, 6) is 0.621. The average molecular weight is 501 g/mol. The van der Waals surface area contributed by atoms with E-state index in [0.717, 1.165) is 29.8 Å². The summed E-state index contributed by atoms with van der Waals surface area (Å²) in [4.78, 5) is 21.5. The lowest BCUT2D eigenvalue weighted by Crippen LogP contribution is -2.45. The van der Waals surface area contributed by atoms with E-state index in [9.17, 15) is 18.5 Å². The number of sulfone groups is 1. The van der Waals surface area contributed by atoms with Crippen molar-refractivity contribution in [3.05, 3.63) is 56.7 Å². The Balaban J connectivity index is 1.71. The first-order valence-corrected chi connectivity index (χ1v) is 14.0. The van der Waals surface area contributed by atoms with Gasteiger partial charge in [0, 0.05) is 43.4 Å². The predicted molar refractivity (Wildman–Crippen MR) is 135 cm³/mol. The van der Waals surface area contributed by atoms with E-state index in [1.807, 2.05) is 18.2 Å². The number of thiophene rings is 1. The minimum Gasteiger partial charge on any atom is -0.341 e. The van der Waals surface area contributed by atoms with Gasteiger partial charge >= 0.3 is 0 Å². The monoisotopic (exact) mass is 500 g/mol. The van der Waals surface area contributed by atoms with E-state index in [2.05, 4.69) is 16.3 Å². The minimum absolute atomic E-state index is 0.0123. The third-order valence-electron chi connectivity index (χ3n) is 5.82. The number of piperidine rings is 1. The summed E-state index contributed by atoms with van der Waals surface area (Å²) in [5.41, 5.74) is 7.97. The lowest BCUT2D eigenvalue weighted by molar-refractivity contribution is 0.492. The molecule has 1 fully saturated rings. The Morgan fingerprint density at radius 3 is 2.88 bits per heavy atom. The van der Waals surface area contributed by atoms with Crippen molar-refractivity contribution in [2.75, 3.05) is 36.5 Å². The van der Waals surface area contributed by atoms with E-state index in [1.54, 1.807) is 16.7 Å². The fraction of sp³-hybridized carbons (Fsp3) is 0.435. The molecule has 0 saturated carbocycles. The standard InChI is InChI=1S/C23H28N6O3S2/c1-34(31,32)10-8-26-13-19-11-20-21(33-19)22(30)29(14-17-6-3-2-5-16(17)12-24)23(27-20)28-9-4-7-18(25)15-28/h2-3,5-6,11,18,26H,4,7-10,13-15,25H2,1H3. The number of rotatable bonds is 8. The summed E-state index contributed by atoms with van der Waals surface area (Å²) in [5, 5.41) is 12.6. The Kier molecular flexibility index (Phi) is 7.33. The number of aromatic nitrogens is 2. The van der Waals surface area contributed by atoms with Crippen LogP contribution in [0.3, 0.4) is 0 Å². The van der Waals surface area contributed by atoms with Crippen LogP contribution in [0.5, 0.6) is 0 Å². The molecular weight excluding hydrogens is 472 g/mol. The van der Waals surface area contributed by atoms with Crippen molar-refractivity contribution < 1.29 is 8.42 Å². The van der Waals surface area contributed by atoms with Gasteiger partial charge in [-0.15, -0.1) is 11.3 Å². The molecule has 1 unspecified atom stereocenters. The highest BCUT2D eigenvalue weighted by molar-refractivity contribution is 7.90. The maximum Gasteiger partial charge on any atom is 0.273 e. The van der Waals surface area contributed by atoms with E-state index >= 15 is 0 Å². The molecule has 4 rings (SSSR count). The van der Waals surface area contributed by atoms with Gasteiger partial charge in [-0.1, -0.05) is 18.2 Å². The molecule has 0 bridgehead atoms. The van der Waals surface area contributed by atoms with Gasteiger partial charge in [0.15, 0.2) is 0 Å². The van der Waals surface area contributed by atoms with Crippen molar-refractivity contribution in [3.63, 3.8) is 0 Å². The van der Waals surface area contributed by atoms with Crippen LogP contribution in [-0.2, 0) is 22.9 Å². The molecule has 11 heteroatoms. The minimum atomic E-state index is -3.04. The predicted octanol–water partition coefficient (Wildman–Crippen LogP) is 1.44. The first-order chi connectivity index (χ1) is 16.2. The average Bonchev–Trinajstić information content (AvgIpc) is 3.21. The van der Waals surface area contributed by atoms with Crippen LogP contribution in [0.25, 0.3) is 10.2 Å². The van der Waals surface area contributed by atoms with E-state index in [0.29, 0.717) is 41.4 Å². The Morgan fingerprint density at radius 1 is 1.35 bits per heavy atom. The zero-order chi connectivity index (χ0) is 24.3. The lowest BCUT2D eigenvalue weighted by atomic mass is 10.1. The quantitative estimate of drug-likeness (QED) is 0.444. The molecule has 1 aromatic carbocycles. The smallest absolute Gasteiger partial charge is 0.273 e. The van der Waals surface area contributed by atoms with Crippen LogP contribution in [0.1, 0.15) is 28.8 Å². The van der Waals surface area contributed by atoms with Gasteiger partial charge in [0.2, 0.25) is 5.95 Å². The molecule has 0 amide bonds. The molecule has 3 heterocycles. The largest absolute Gasteiger partial charge is 0.341 e. The van der Waals surface area contributed by atoms with Crippen LogP contribution in [0, 0.1) is 11.3 Å². The Morgan fingerprint density at radius 2 is 2.15 bits per heavy atom. The maximum atomic E-state index is 13.6. The number of fused-ring (bicyclic) bond motifs is 1. The van der Waals surface area contributed by atoms with Crippen molar-refractivity contribution in [3.8, 4) is 6.07 Å². The van der Waals surface area contributed by atoms with Crippen LogP contribution < -0.4 is 21.5 Å². The van der Waals surface area contributed by atoms with Crippen LogP contribution in [0.4, 0.5) is 5.95 Å². The molecule has 3 N–H and O–H groups in total. The van der Waals surface area contributed by atoms with Gasteiger partial charge in [-0.05, 0) is 30.5 Å².